The van der Waals surface area contributed by atoms with Crippen LogP contribution >= 0.6 is 31.9 Å². The second kappa shape index (κ2) is 4.32. The average Bonchev–Trinajstić information content (AvgIpc) is 2.07. The van der Waals surface area contributed by atoms with E-state index in [1.165, 1.54) is 0 Å². The fourth-order valence-corrected chi connectivity index (χ4v) is 2.30. The molecule has 0 fully saturated rings. The topological polar surface area (TPSA) is 33.1 Å². The molecule has 13 heavy (non-hydrogen) atoms. The molecular weight excluding hydrogens is 312 g/mol. The first-order valence-corrected chi connectivity index (χ1v) is 5.19. The summed E-state index contributed by atoms with van der Waals surface area (Å²) in [6.07, 6.45) is -1.70. The highest BCUT2D eigenvalue weighted by Crippen LogP contribution is 2.35. The van der Waals surface area contributed by atoms with Gasteiger partial charge in [0.25, 0.3) is 6.43 Å². The Bertz CT molecular complexity index is 320. The molecule has 0 spiro atoms. The number of hydrogen-bond acceptors (Lipinski definition) is 2. The first-order valence-electron chi connectivity index (χ1n) is 3.28. The Morgan fingerprint density at radius 2 is 2.15 bits per heavy atom. The van der Waals surface area contributed by atoms with Crippen LogP contribution in [0, 0.1) is 0 Å². The average molecular weight is 317 g/mol. The Morgan fingerprint density at radius 3 is 2.54 bits per heavy atom. The van der Waals surface area contributed by atoms with Crippen molar-refractivity contribution in [2.45, 2.75) is 11.8 Å². The smallest absolute Gasteiger partial charge is 0.267 e. The molecule has 0 aliphatic heterocycles. The zero-order valence-corrected chi connectivity index (χ0v) is 9.44. The van der Waals surface area contributed by atoms with E-state index in [4.69, 9.17) is 5.11 Å². The van der Waals surface area contributed by atoms with Gasteiger partial charge in [0.15, 0.2) is 0 Å². The SMILES string of the molecule is Oc1cnc(Br)c(CBr)c1C(F)F. The molecule has 2 nitrogen and oxygen atoms in total. The number of alkyl halides is 3. The van der Waals surface area contributed by atoms with E-state index in [1.54, 1.807) is 0 Å². The van der Waals surface area contributed by atoms with Crippen molar-refractivity contribution in [3.05, 3.63) is 21.9 Å². The fourth-order valence-electron chi connectivity index (χ4n) is 0.902. The van der Waals surface area contributed by atoms with Crippen molar-refractivity contribution >= 4 is 31.9 Å². The lowest BCUT2D eigenvalue weighted by molar-refractivity contribution is 0.146. The van der Waals surface area contributed by atoms with E-state index >= 15 is 0 Å². The molecule has 0 aliphatic carbocycles. The Hall–Kier alpha value is -0.230. The molecule has 1 heterocycles. The highest BCUT2D eigenvalue weighted by molar-refractivity contribution is 9.10. The summed E-state index contributed by atoms with van der Waals surface area (Å²) in [6.45, 7) is 0. The van der Waals surface area contributed by atoms with Gasteiger partial charge in [-0.15, -0.1) is 0 Å². The predicted molar refractivity (Wildman–Crippen MR) is 51.2 cm³/mol. The van der Waals surface area contributed by atoms with Gasteiger partial charge in [-0.05, 0) is 15.9 Å². The Kier molecular flexibility index (Phi) is 3.61. The fraction of sp³-hybridized carbons (Fsp3) is 0.286. The van der Waals surface area contributed by atoms with Gasteiger partial charge < -0.3 is 5.11 Å². The summed E-state index contributed by atoms with van der Waals surface area (Å²) < 4.78 is 25.2. The standard InChI is InChI=1S/C7H5Br2F2NO/c8-1-3-5(7(10)11)4(13)2-12-6(3)9/h2,7,13H,1H2. The lowest BCUT2D eigenvalue weighted by atomic mass is 10.1. The minimum absolute atomic E-state index is 0.217. The van der Waals surface area contributed by atoms with Crippen molar-refractivity contribution in [2.24, 2.45) is 0 Å². The molecule has 0 amide bonds. The number of rotatable bonds is 2. The first kappa shape index (κ1) is 10.8. The molecule has 0 unspecified atom stereocenters. The van der Waals surface area contributed by atoms with Gasteiger partial charge in [-0.25, -0.2) is 13.8 Å². The van der Waals surface area contributed by atoms with Crippen molar-refractivity contribution in [1.82, 2.24) is 4.98 Å². The second-order valence-electron chi connectivity index (χ2n) is 2.26. The Labute approximate surface area is 90.2 Å². The predicted octanol–water partition coefficient (Wildman–Crippen LogP) is 3.38. The number of aromatic nitrogens is 1. The second-order valence-corrected chi connectivity index (χ2v) is 3.57. The molecule has 6 heteroatoms. The molecule has 0 atom stereocenters. The van der Waals surface area contributed by atoms with E-state index in [0.29, 0.717) is 4.60 Å². The van der Waals surface area contributed by atoms with Crippen molar-refractivity contribution in [3.63, 3.8) is 0 Å². The van der Waals surface area contributed by atoms with E-state index in [9.17, 15) is 8.78 Å². The van der Waals surface area contributed by atoms with Gasteiger partial charge in [0, 0.05) is 10.9 Å². The maximum atomic E-state index is 12.4. The highest BCUT2D eigenvalue weighted by Gasteiger charge is 2.20. The molecule has 1 N–H and O–H groups in total. The van der Waals surface area contributed by atoms with Gasteiger partial charge in [-0.3, -0.25) is 0 Å². The summed E-state index contributed by atoms with van der Waals surface area (Å²) in [5.74, 6) is -0.479. The maximum absolute atomic E-state index is 12.4. The normalized spacial score (nSPS) is 10.8. The zero-order valence-electron chi connectivity index (χ0n) is 6.27. The van der Waals surface area contributed by atoms with E-state index in [0.717, 1.165) is 6.20 Å². The molecule has 0 radical (unpaired) electrons. The van der Waals surface area contributed by atoms with E-state index in [-0.39, 0.29) is 16.5 Å². The largest absolute Gasteiger partial charge is 0.506 e. The monoisotopic (exact) mass is 315 g/mol. The van der Waals surface area contributed by atoms with Gasteiger partial charge >= 0.3 is 0 Å². The van der Waals surface area contributed by atoms with E-state index in [2.05, 4.69) is 36.8 Å². The number of halogens is 4. The van der Waals surface area contributed by atoms with Crippen LogP contribution < -0.4 is 0 Å². The van der Waals surface area contributed by atoms with Gasteiger partial charge in [0.05, 0.1) is 11.8 Å². The summed E-state index contributed by atoms with van der Waals surface area (Å²) in [6, 6.07) is 0. The molecule has 0 aromatic carbocycles. The molecule has 0 saturated heterocycles. The van der Waals surface area contributed by atoms with E-state index in [1.807, 2.05) is 0 Å². The minimum Gasteiger partial charge on any atom is -0.506 e. The van der Waals surface area contributed by atoms with Crippen molar-refractivity contribution < 1.29 is 13.9 Å². The van der Waals surface area contributed by atoms with Crippen molar-refractivity contribution in [2.75, 3.05) is 0 Å². The molecular formula is C7H5Br2F2NO. The number of aromatic hydroxyl groups is 1. The third kappa shape index (κ3) is 2.17. The van der Waals surface area contributed by atoms with Gasteiger partial charge in [0.2, 0.25) is 0 Å². The van der Waals surface area contributed by atoms with Crippen LogP contribution in [0.1, 0.15) is 17.6 Å². The molecule has 0 bridgehead atoms. The number of pyridine rings is 1. The Balaban J connectivity index is 3.35. The van der Waals surface area contributed by atoms with Gasteiger partial charge in [-0.2, -0.15) is 0 Å². The molecule has 1 aromatic heterocycles. The summed E-state index contributed by atoms with van der Waals surface area (Å²) in [4.78, 5) is 3.70. The third-order valence-corrected chi connectivity index (χ3v) is 2.75. The summed E-state index contributed by atoms with van der Waals surface area (Å²) >= 11 is 6.07. The molecule has 72 valence electrons. The van der Waals surface area contributed by atoms with Crippen LogP contribution in [0.3, 0.4) is 0 Å². The summed E-state index contributed by atoms with van der Waals surface area (Å²) in [5.41, 5.74) is -0.103. The molecule has 0 saturated carbocycles. The van der Waals surface area contributed by atoms with Crippen LogP contribution in [0.15, 0.2) is 10.8 Å². The quantitative estimate of drug-likeness (QED) is 0.670. The minimum atomic E-state index is -2.70. The highest BCUT2D eigenvalue weighted by atomic mass is 79.9. The first-order chi connectivity index (χ1) is 6.07. The van der Waals surface area contributed by atoms with Gasteiger partial charge in [-0.1, -0.05) is 15.9 Å². The van der Waals surface area contributed by atoms with Crippen LogP contribution in [0.4, 0.5) is 8.78 Å². The van der Waals surface area contributed by atoms with Crippen LogP contribution in [0.2, 0.25) is 0 Å². The van der Waals surface area contributed by atoms with Crippen LogP contribution in [0.5, 0.6) is 5.75 Å². The summed E-state index contributed by atoms with van der Waals surface area (Å²) in [7, 11) is 0. The van der Waals surface area contributed by atoms with E-state index < -0.39 is 12.2 Å². The zero-order chi connectivity index (χ0) is 10.0. The summed E-state index contributed by atoms with van der Waals surface area (Å²) in [5, 5.41) is 9.35. The third-order valence-electron chi connectivity index (χ3n) is 1.50. The number of nitrogens with zero attached hydrogens (tertiary/aromatic N) is 1. The lowest BCUT2D eigenvalue weighted by Gasteiger charge is -2.09. The molecule has 1 aromatic rings. The molecule has 1 rings (SSSR count). The van der Waals surface area contributed by atoms with Crippen LogP contribution in [-0.4, -0.2) is 10.1 Å². The van der Waals surface area contributed by atoms with Crippen LogP contribution in [-0.2, 0) is 5.33 Å². The van der Waals surface area contributed by atoms with Gasteiger partial charge in [0.1, 0.15) is 10.4 Å². The maximum Gasteiger partial charge on any atom is 0.267 e. The van der Waals surface area contributed by atoms with Crippen molar-refractivity contribution in [1.29, 1.82) is 0 Å². The molecule has 0 aliphatic rings. The number of hydrogen-bond donors (Lipinski definition) is 1. The van der Waals surface area contributed by atoms with Crippen LogP contribution in [0.25, 0.3) is 0 Å². The van der Waals surface area contributed by atoms with Crippen molar-refractivity contribution in [3.8, 4) is 5.75 Å². The lowest BCUT2D eigenvalue weighted by Crippen LogP contribution is -1.96. The Morgan fingerprint density at radius 1 is 1.54 bits per heavy atom.